The van der Waals surface area contributed by atoms with Gasteiger partial charge in [0.1, 0.15) is 5.82 Å². The van der Waals surface area contributed by atoms with E-state index in [4.69, 9.17) is 0 Å². The molecule has 0 radical (unpaired) electrons. The number of nitrogens with zero attached hydrogens (tertiary/aromatic N) is 3. The van der Waals surface area contributed by atoms with Crippen molar-refractivity contribution < 1.29 is 0 Å². The van der Waals surface area contributed by atoms with Gasteiger partial charge < -0.3 is 10.2 Å². The molecule has 2 heterocycles. The van der Waals surface area contributed by atoms with E-state index >= 15 is 0 Å². The molecule has 4 nitrogen and oxygen atoms in total. The zero-order valence-electron chi connectivity index (χ0n) is 11.8. The Morgan fingerprint density at radius 2 is 1.85 bits per heavy atom. The second kappa shape index (κ2) is 5.90. The van der Waals surface area contributed by atoms with Crippen LogP contribution >= 0.6 is 0 Å². The van der Waals surface area contributed by atoms with E-state index in [0.717, 1.165) is 30.5 Å². The Bertz CT molecular complexity index is 547. The Balaban J connectivity index is 1.73. The Morgan fingerprint density at radius 1 is 1.10 bits per heavy atom. The topological polar surface area (TPSA) is 41.1 Å². The standard InChI is InChI=1S/C16H20N4/c1-13-8-11-20(12-9-13)15-7-10-17-16(19-15)18-14-5-3-2-4-6-14/h2-7,10,13H,8-9,11-12H2,1H3,(H,17,18,19). The van der Waals surface area contributed by atoms with Gasteiger partial charge in [0.2, 0.25) is 5.95 Å². The molecule has 4 heteroatoms. The van der Waals surface area contributed by atoms with Crippen LogP contribution in [0.5, 0.6) is 0 Å². The summed E-state index contributed by atoms with van der Waals surface area (Å²) in [6.45, 7) is 4.49. The van der Waals surface area contributed by atoms with Gasteiger partial charge in [-0.25, -0.2) is 4.98 Å². The minimum Gasteiger partial charge on any atom is -0.356 e. The minimum atomic E-state index is 0.660. The number of benzene rings is 1. The van der Waals surface area contributed by atoms with E-state index in [1.807, 2.05) is 42.6 Å². The van der Waals surface area contributed by atoms with Gasteiger partial charge in [-0.05, 0) is 37.0 Å². The maximum Gasteiger partial charge on any atom is 0.229 e. The molecule has 104 valence electrons. The van der Waals surface area contributed by atoms with Gasteiger partial charge in [0, 0.05) is 25.0 Å². The summed E-state index contributed by atoms with van der Waals surface area (Å²) >= 11 is 0. The first-order valence-electron chi connectivity index (χ1n) is 7.21. The average molecular weight is 268 g/mol. The molecule has 1 aromatic carbocycles. The molecule has 1 fully saturated rings. The fourth-order valence-electron chi connectivity index (χ4n) is 2.47. The third-order valence-corrected chi connectivity index (χ3v) is 3.78. The summed E-state index contributed by atoms with van der Waals surface area (Å²) in [5.41, 5.74) is 1.01. The number of hydrogen-bond acceptors (Lipinski definition) is 4. The summed E-state index contributed by atoms with van der Waals surface area (Å²) in [7, 11) is 0. The van der Waals surface area contributed by atoms with Crippen LogP contribution in [0.2, 0.25) is 0 Å². The van der Waals surface area contributed by atoms with Gasteiger partial charge in [-0.15, -0.1) is 0 Å². The summed E-state index contributed by atoms with van der Waals surface area (Å²) in [5, 5.41) is 3.24. The number of hydrogen-bond donors (Lipinski definition) is 1. The van der Waals surface area contributed by atoms with Crippen molar-refractivity contribution in [1.82, 2.24) is 9.97 Å². The van der Waals surface area contributed by atoms with Crippen LogP contribution in [0, 0.1) is 5.92 Å². The van der Waals surface area contributed by atoms with Gasteiger partial charge >= 0.3 is 0 Å². The molecule has 0 atom stereocenters. The van der Waals surface area contributed by atoms with Crippen LogP contribution in [0.25, 0.3) is 0 Å². The molecule has 0 aliphatic carbocycles. The molecule has 0 saturated carbocycles. The monoisotopic (exact) mass is 268 g/mol. The van der Waals surface area contributed by atoms with Gasteiger partial charge in [0.15, 0.2) is 0 Å². The van der Waals surface area contributed by atoms with E-state index in [9.17, 15) is 0 Å². The van der Waals surface area contributed by atoms with Crippen molar-refractivity contribution in [2.24, 2.45) is 5.92 Å². The Hall–Kier alpha value is -2.10. The highest BCUT2D eigenvalue weighted by molar-refractivity contribution is 5.54. The molecule has 0 bridgehead atoms. The lowest BCUT2D eigenvalue weighted by Gasteiger charge is -2.31. The normalized spacial score (nSPS) is 16.1. The minimum absolute atomic E-state index is 0.660. The summed E-state index contributed by atoms with van der Waals surface area (Å²) in [6.07, 6.45) is 4.31. The third kappa shape index (κ3) is 3.07. The van der Waals surface area contributed by atoms with Crippen molar-refractivity contribution in [1.29, 1.82) is 0 Å². The molecule has 1 aliphatic heterocycles. The number of piperidine rings is 1. The van der Waals surface area contributed by atoms with E-state index in [-0.39, 0.29) is 0 Å². The van der Waals surface area contributed by atoms with Gasteiger partial charge in [0.05, 0.1) is 0 Å². The van der Waals surface area contributed by atoms with Crippen LogP contribution in [0.4, 0.5) is 17.5 Å². The summed E-state index contributed by atoms with van der Waals surface area (Å²) in [5.74, 6) is 2.51. The number of anilines is 3. The van der Waals surface area contributed by atoms with Gasteiger partial charge in [-0.3, -0.25) is 0 Å². The SMILES string of the molecule is CC1CCN(c2ccnc(Nc3ccccc3)n2)CC1. The number of nitrogens with one attached hydrogen (secondary N) is 1. The number of aromatic nitrogens is 2. The zero-order valence-corrected chi connectivity index (χ0v) is 11.8. The van der Waals surface area contributed by atoms with Crippen LogP contribution in [0.1, 0.15) is 19.8 Å². The highest BCUT2D eigenvalue weighted by Crippen LogP contribution is 2.22. The first-order chi connectivity index (χ1) is 9.81. The highest BCUT2D eigenvalue weighted by atomic mass is 15.2. The molecule has 2 aromatic rings. The molecule has 0 unspecified atom stereocenters. The lowest BCUT2D eigenvalue weighted by Crippen LogP contribution is -2.33. The Kier molecular flexibility index (Phi) is 3.81. The van der Waals surface area contributed by atoms with E-state index in [1.54, 1.807) is 0 Å². The highest BCUT2D eigenvalue weighted by Gasteiger charge is 2.17. The second-order valence-electron chi connectivity index (χ2n) is 5.40. The van der Waals surface area contributed by atoms with Crippen molar-refractivity contribution in [2.75, 3.05) is 23.3 Å². The molecule has 1 aliphatic rings. The largest absolute Gasteiger partial charge is 0.356 e. The quantitative estimate of drug-likeness (QED) is 0.925. The fraction of sp³-hybridized carbons (Fsp3) is 0.375. The Morgan fingerprint density at radius 3 is 2.60 bits per heavy atom. The summed E-state index contributed by atoms with van der Waals surface area (Å²) in [4.78, 5) is 11.3. The third-order valence-electron chi connectivity index (χ3n) is 3.78. The van der Waals surface area contributed by atoms with Crippen LogP contribution < -0.4 is 10.2 Å². The number of rotatable bonds is 3. The van der Waals surface area contributed by atoms with Crippen molar-refractivity contribution in [2.45, 2.75) is 19.8 Å². The molecule has 1 saturated heterocycles. The maximum atomic E-state index is 4.62. The van der Waals surface area contributed by atoms with Crippen LogP contribution in [-0.4, -0.2) is 23.1 Å². The average Bonchev–Trinajstić information content (AvgIpc) is 2.49. The van der Waals surface area contributed by atoms with Crippen molar-refractivity contribution in [3.63, 3.8) is 0 Å². The van der Waals surface area contributed by atoms with E-state index < -0.39 is 0 Å². The summed E-state index contributed by atoms with van der Waals surface area (Å²) < 4.78 is 0. The second-order valence-corrected chi connectivity index (χ2v) is 5.40. The van der Waals surface area contributed by atoms with E-state index in [1.165, 1.54) is 12.8 Å². The van der Waals surface area contributed by atoms with Crippen molar-refractivity contribution >= 4 is 17.5 Å². The summed E-state index contributed by atoms with van der Waals surface area (Å²) in [6, 6.07) is 12.0. The molecular weight excluding hydrogens is 248 g/mol. The zero-order chi connectivity index (χ0) is 13.8. The van der Waals surface area contributed by atoms with Crippen molar-refractivity contribution in [3.8, 4) is 0 Å². The lowest BCUT2D eigenvalue weighted by atomic mass is 9.99. The van der Waals surface area contributed by atoms with Gasteiger partial charge in [-0.1, -0.05) is 25.1 Å². The maximum absolute atomic E-state index is 4.62. The van der Waals surface area contributed by atoms with Crippen LogP contribution in [-0.2, 0) is 0 Å². The smallest absolute Gasteiger partial charge is 0.229 e. The predicted octanol–water partition coefficient (Wildman–Crippen LogP) is 3.46. The molecule has 1 N–H and O–H groups in total. The molecule has 0 spiro atoms. The predicted molar refractivity (Wildman–Crippen MR) is 82.4 cm³/mol. The Labute approximate surface area is 119 Å². The van der Waals surface area contributed by atoms with E-state index in [2.05, 4.69) is 27.1 Å². The van der Waals surface area contributed by atoms with Crippen LogP contribution in [0.3, 0.4) is 0 Å². The fourth-order valence-corrected chi connectivity index (χ4v) is 2.47. The van der Waals surface area contributed by atoms with Crippen molar-refractivity contribution in [3.05, 3.63) is 42.6 Å². The molecule has 1 aromatic heterocycles. The number of para-hydroxylation sites is 1. The first-order valence-corrected chi connectivity index (χ1v) is 7.21. The first kappa shape index (κ1) is 12.9. The lowest BCUT2D eigenvalue weighted by molar-refractivity contribution is 0.436. The van der Waals surface area contributed by atoms with Crippen LogP contribution in [0.15, 0.2) is 42.6 Å². The van der Waals surface area contributed by atoms with Gasteiger partial charge in [-0.2, -0.15) is 4.98 Å². The molecule has 3 rings (SSSR count). The molecule has 20 heavy (non-hydrogen) atoms. The van der Waals surface area contributed by atoms with Gasteiger partial charge in [0.25, 0.3) is 0 Å². The molecule has 0 amide bonds. The van der Waals surface area contributed by atoms with E-state index in [0.29, 0.717) is 5.95 Å². The molecular formula is C16H20N4.